The molecule has 1 unspecified atom stereocenters. The maximum absolute atomic E-state index is 12.6. The third-order valence-corrected chi connectivity index (χ3v) is 5.08. The van der Waals surface area contributed by atoms with Crippen molar-refractivity contribution in [2.75, 3.05) is 6.61 Å². The number of rotatable bonds is 4. The van der Waals surface area contributed by atoms with Gasteiger partial charge in [0.05, 0.1) is 24.8 Å². The molecule has 2 aromatic carbocycles. The minimum Gasteiger partial charge on any atom is -0.493 e. The summed E-state index contributed by atoms with van der Waals surface area (Å²) in [7, 11) is 0. The SMILES string of the molecule is Cc1oc(-c2ccccc2)nc1CC(=O)NC1CCOc2ccc(Br)cc21. The summed E-state index contributed by atoms with van der Waals surface area (Å²) in [4.78, 5) is 17.1. The third-order valence-electron chi connectivity index (χ3n) is 4.59. The molecule has 4 rings (SSSR count). The molecule has 0 saturated carbocycles. The van der Waals surface area contributed by atoms with Gasteiger partial charge in [0.2, 0.25) is 11.8 Å². The van der Waals surface area contributed by atoms with E-state index in [-0.39, 0.29) is 18.4 Å². The Hall–Kier alpha value is -2.60. The van der Waals surface area contributed by atoms with E-state index in [9.17, 15) is 4.79 Å². The van der Waals surface area contributed by atoms with Crippen LogP contribution in [-0.2, 0) is 11.2 Å². The number of fused-ring (bicyclic) bond motifs is 1. The van der Waals surface area contributed by atoms with Crippen LogP contribution in [0.4, 0.5) is 0 Å². The average molecular weight is 427 g/mol. The Morgan fingerprint density at radius 2 is 2.07 bits per heavy atom. The number of hydrogen-bond acceptors (Lipinski definition) is 4. The second-order valence-electron chi connectivity index (χ2n) is 6.50. The number of oxazole rings is 1. The lowest BCUT2D eigenvalue weighted by Crippen LogP contribution is -2.33. The van der Waals surface area contributed by atoms with E-state index in [1.807, 2.05) is 55.5 Å². The Labute approximate surface area is 165 Å². The van der Waals surface area contributed by atoms with Crippen LogP contribution in [0.25, 0.3) is 11.5 Å². The van der Waals surface area contributed by atoms with Crippen LogP contribution in [0.1, 0.15) is 29.5 Å². The number of carbonyl (C=O) groups is 1. The Bertz CT molecular complexity index is 969. The summed E-state index contributed by atoms with van der Waals surface area (Å²) >= 11 is 3.48. The van der Waals surface area contributed by atoms with Gasteiger partial charge < -0.3 is 14.5 Å². The van der Waals surface area contributed by atoms with Gasteiger partial charge >= 0.3 is 0 Å². The second kappa shape index (κ2) is 7.56. The zero-order valence-corrected chi connectivity index (χ0v) is 16.5. The van der Waals surface area contributed by atoms with Crippen LogP contribution in [0, 0.1) is 6.92 Å². The van der Waals surface area contributed by atoms with Crippen molar-refractivity contribution >= 4 is 21.8 Å². The lowest BCUT2D eigenvalue weighted by Gasteiger charge is -2.26. The van der Waals surface area contributed by atoms with Crippen molar-refractivity contribution in [1.82, 2.24) is 10.3 Å². The monoisotopic (exact) mass is 426 g/mol. The zero-order valence-electron chi connectivity index (χ0n) is 14.9. The normalized spacial score (nSPS) is 15.7. The van der Waals surface area contributed by atoms with Gasteiger partial charge in [-0.15, -0.1) is 0 Å². The highest BCUT2D eigenvalue weighted by atomic mass is 79.9. The van der Waals surface area contributed by atoms with Gasteiger partial charge in [0.1, 0.15) is 11.5 Å². The van der Waals surface area contributed by atoms with Crippen LogP contribution in [0.5, 0.6) is 5.75 Å². The number of nitrogens with one attached hydrogen (secondary N) is 1. The smallest absolute Gasteiger partial charge is 0.226 e. The first kappa shape index (κ1) is 17.8. The van der Waals surface area contributed by atoms with E-state index in [0.717, 1.165) is 27.8 Å². The average Bonchev–Trinajstić information content (AvgIpc) is 3.03. The van der Waals surface area contributed by atoms with Crippen LogP contribution >= 0.6 is 15.9 Å². The molecule has 0 spiro atoms. The van der Waals surface area contributed by atoms with Gasteiger partial charge in [-0.1, -0.05) is 34.1 Å². The molecule has 0 aliphatic carbocycles. The number of nitrogens with zero attached hydrogens (tertiary/aromatic N) is 1. The number of aryl methyl sites for hydroxylation is 1. The van der Waals surface area contributed by atoms with Crippen molar-refractivity contribution in [1.29, 1.82) is 0 Å². The summed E-state index contributed by atoms with van der Waals surface area (Å²) in [5.41, 5.74) is 2.55. The molecule has 1 aromatic heterocycles. The first-order chi connectivity index (χ1) is 13.1. The minimum absolute atomic E-state index is 0.0699. The van der Waals surface area contributed by atoms with Crippen LogP contribution in [-0.4, -0.2) is 17.5 Å². The van der Waals surface area contributed by atoms with Crippen molar-refractivity contribution in [2.45, 2.75) is 25.8 Å². The van der Waals surface area contributed by atoms with Gasteiger partial charge in [-0.25, -0.2) is 4.98 Å². The van der Waals surface area contributed by atoms with Gasteiger partial charge in [-0.3, -0.25) is 4.79 Å². The Kier molecular flexibility index (Phi) is 4.99. The molecule has 6 heteroatoms. The van der Waals surface area contributed by atoms with Gasteiger partial charge in [-0.2, -0.15) is 0 Å². The maximum Gasteiger partial charge on any atom is 0.226 e. The molecule has 1 aliphatic heterocycles. The predicted octanol–water partition coefficient (Wildman–Crippen LogP) is 4.60. The number of amides is 1. The van der Waals surface area contributed by atoms with Crippen LogP contribution in [0.15, 0.2) is 57.4 Å². The highest BCUT2D eigenvalue weighted by Gasteiger charge is 2.24. The van der Waals surface area contributed by atoms with Crippen LogP contribution < -0.4 is 10.1 Å². The molecule has 27 heavy (non-hydrogen) atoms. The van der Waals surface area contributed by atoms with E-state index < -0.39 is 0 Å². The molecule has 0 radical (unpaired) electrons. The summed E-state index contributed by atoms with van der Waals surface area (Å²) in [5.74, 6) is 1.94. The van der Waals surface area contributed by atoms with Crippen molar-refractivity contribution in [3.8, 4) is 17.2 Å². The summed E-state index contributed by atoms with van der Waals surface area (Å²) in [6.07, 6.45) is 0.922. The fourth-order valence-corrected chi connectivity index (χ4v) is 3.59. The molecule has 0 fully saturated rings. The molecule has 5 nitrogen and oxygen atoms in total. The second-order valence-corrected chi connectivity index (χ2v) is 7.42. The number of aromatic nitrogens is 1. The lowest BCUT2D eigenvalue weighted by molar-refractivity contribution is -0.121. The minimum atomic E-state index is -0.0798. The van der Waals surface area contributed by atoms with Gasteiger partial charge in [-0.05, 0) is 37.3 Å². The first-order valence-corrected chi connectivity index (χ1v) is 9.63. The van der Waals surface area contributed by atoms with Crippen LogP contribution in [0.3, 0.4) is 0 Å². The fourth-order valence-electron chi connectivity index (χ4n) is 3.21. The molecule has 2 heterocycles. The standard InChI is InChI=1S/C21H19BrN2O3/c1-13-18(24-21(27-13)14-5-3-2-4-6-14)12-20(25)23-17-9-10-26-19-8-7-15(22)11-16(17)19/h2-8,11,17H,9-10,12H2,1H3,(H,23,25). The number of benzene rings is 2. The van der Waals surface area contributed by atoms with E-state index in [1.165, 1.54) is 0 Å². The van der Waals surface area contributed by atoms with Crippen molar-refractivity contribution in [3.05, 3.63) is 70.0 Å². The molecule has 138 valence electrons. The molecular formula is C21H19BrN2O3. The summed E-state index contributed by atoms with van der Waals surface area (Å²) < 4.78 is 12.4. The zero-order chi connectivity index (χ0) is 18.8. The molecule has 1 aliphatic rings. The van der Waals surface area contributed by atoms with E-state index >= 15 is 0 Å². The third kappa shape index (κ3) is 3.90. The lowest BCUT2D eigenvalue weighted by atomic mass is 10.0. The highest BCUT2D eigenvalue weighted by molar-refractivity contribution is 9.10. The first-order valence-electron chi connectivity index (χ1n) is 8.83. The van der Waals surface area contributed by atoms with Crippen LogP contribution in [0.2, 0.25) is 0 Å². The van der Waals surface area contributed by atoms with E-state index in [0.29, 0.717) is 24.0 Å². The highest BCUT2D eigenvalue weighted by Crippen LogP contribution is 2.34. The summed E-state index contributed by atoms with van der Waals surface area (Å²) in [6.45, 7) is 2.42. The number of hydrogen-bond donors (Lipinski definition) is 1. The Morgan fingerprint density at radius 1 is 1.26 bits per heavy atom. The fraction of sp³-hybridized carbons (Fsp3) is 0.238. The number of ether oxygens (including phenoxy) is 1. The summed E-state index contributed by atoms with van der Waals surface area (Å²) in [6, 6.07) is 15.5. The Morgan fingerprint density at radius 3 is 2.89 bits per heavy atom. The molecule has 1 N–H and O–H groups in total. The number of carbonyl (C=O) groups excluding carboxylic acids is 1. The summed E-state index contributed by atoms with van der Waals surface area (Å²) in [5, 5.41) is 3.11. The number of halogens is 1. The van der Waals surface area contributed by atoms with Gasteiger partial charge in [0, 0.05) is 22.0 Å². The molecule has 3 aromatic rings. The van der Waals surface area contributed by atoms with Gasteiger partial charge in [0.15, 0.2) is 0 Å². The molecule has 0 saturated heterocycles. The van der Waals surface area contributed by atoms with Gasteiger partial charge in [0.25, 0.3) is 0 Å². The van der Waals surface area contributed by atoms with Crippen molar-refractivity contribution < 1.29 is 13.9 Å². The molecule has 1 atom stereocenters. The maximum atomic E-state index is 12.6. The quantitative estimate of drug-likeness (QED) is 0.662. The van der Waals surface area contributed by atoms with Crippen molar-refractivity contribution in [2.24, 2.45) is 0 Å². The predicted molar refractivity (Wildman–Crippen MR) is 106 cm³/mol. The van der Waals surface area contributed by atoms with E-state index in [4.69, 9.17) is 9.15 Å². The molecular weight excluding hydrogens is 408 g/mol. The van der Waals surface area contributed by atoms with E-state index in [1.54, 1.807) is 0 Å². The Balaban J connectivity index is 1.48. The molecule has 0 bridgehead atoms. The van der Waals surface area contributed by atoms with E-state index in [2.05, 4.69) is 26.2 Å². The van der Waals surface area contributed by atoms with Crippen molar-refractivity contribution in [3.63, 3.8) is 0 Å². The topological polar surface area (TPSA) is 64.4 Å². The largest absolute Gasteiger partial charge is 0.493 e. The molecule has 1 amide bonds.